The van der Waals surface area contributed by atoms with Crippen LogP contribution in [-0.4, -0.2) is 31.6 Å². The summed E-state index contributed by atoms with van der Waals surface area (Å²) in [6.07, 6.45) is 1.85. The van der Waals surface area contributed by atoms with Crippen LogP contribution in [0.15, 0.2) is 35.5 Å². The molecule has 1 unspecified atom stereocenters. The standard InChI is InChI=1S/C21H30N4O/c1-14-7-9-18(10-8-14)15(2)11-24-21(22-5)25-13-19-17(4)20(26-6)16(3)12-23-19/h7-10,12,15H,11,13H2,1-6H3,(H2,22,24,25). The molecule has 0 amide bonds. The summed E-state index contributed by atoms with van der Waals surface area (Å²) in [4.78, 5) is 8.83. The summed E-state index contributed by atoms with van der Waals surface area (Å²) in [7, 11) is 3.47. The van der Waals surface area contributed by atoms with Gasteiger partial charge in [0.1, 0.15) is 5.75 Å². The number of aryl methyl sites for hydroxylation is 2. The van der Waals surface area contributed by atoms with Gasteiger partial charge < -0.3 is 15.4 Å². The molecule has 2 N–H and O–H groups in total. The molecule has 0 fully saturated rings. The van der Waals surface area contributed by atoms with E-state index in [0.717, 1.165) is 35.1 Å². The van der Waals surface area contributed by atoms with Gasteiger partial charge in [-0.2, -0.15) is 0 Å². The van der Waals surface area contributed by atoms with Crippen molar-refractivity contribution < 1.29 is 4.74 Å². The van der Waals surface area contributed by atoms with Crippen LogP contribution in [0.5, 0.6) is 5.75 Å². The van der Waals surface area contributed by atoms with E-state index in [2.05, 4.69) is 58.7 Å². The van der Waals surface area contributed by atoms with Crippen molar-refractivity contribution in [1.82, 2.24) is 15.6 Å². The molecule has 5 heteroatoms. The lowest BCUT2D eigenvalue weighted by Gasteiger charge is -2.17. The molecule has 1 atom stereocenters. The first kappa shape index (κ1) is 19.8. The fourth-order valence-corrected chi connectivity index (χ4v) is 2.90. The SMILES string of the molecule is CN=C(NCc1ncc(C)c(OC)c1C)NCC(C)c1ccc(C)cc1. The third-order valence-corrected chi connectivity index (χ3v) is 4.62. The molecule has 2 aromatic rings. The summed E-state index contributed by atoms with van der Waals surface area (Å²) in [6, 6.07) is 8.67. The highest BCUT2D eigenvalue weighted by Gasteiger charge is 2.11. The molecule has 140 valence electrons. The zero-order valence-electron chi connectivity index (χ0n) is 16.7. The van der Waals surface area contributed by atoms with Crippen LogP contribution in [0.4, 0.5) is 0 Å². The van der Waals surface area contributed by atoms with Gasteiger partial charge in [-0.05, 0) is 32.3 Å². The third-order valence-electron chi connectivity index (χ3n) is 4.62. The second kappa shape index (κ2) is 9.22. The Morgan fingerprint density at radius 3 is 2.46 bits per heavy atom. The number of pyridine rings is 1. The summed E-state index contributed by atoms with van der Waals surface area (Å²) < 4.78 is 5.47. The molecule has 0 aliphatic rings. The van der Waals surface area contributed by atoms with E-state index in [4.69, 9.17) is 4.74 Å². The zero-order valence-corrected chi connectivity index (χ0v) is 16.7. The van der Waals surface area contributed by atoms with Crippen LogP contribution in [0.1, 0.15) is 40.8 Å². The molecule has 1 aromatic heterocycles. The molecule has 0 aliphatic heterocycles. The molecule has 0 spiro atoms. The van der Waals surface area contributed by atoms with Crippen LogP contribution in [0.3, 0.4) is 0 Å². The molecule has 0 saturated heterocycles. The first-order valence-corrected chi connectivity index (χ1v) is 8.96. The first-order chi connectivity index (χ1) is 12.5. The van der Waals surface area contributed by atoms with E-state index >= 15 is 0 Å². The molecule has 5 nitrogen and oxygen atoms in total. The molecule has 0 saturated carbocycles. The first-order valence-electron chi connectivity index (χ1n) is 8.96. The van der Waals surface area contributed by atoms with E-state index in [9.17, 15) is 0 Å². The second-order valence-electron chi connectivity index (χ2n) is 6.66. The van der Waals surface area contributed by atoms with Crippen molar-refractivity contribution in [2.75, 3.05) is 20.7 Å². The Hall–Kier alpha value is -2.56. The molecule has 2 rings (SSSR count). The number of aliphatic imine (C=N–C) groups is 1. The van der Waals surface area contributed by atoms with E-state index in [1.165, 1.54) is 11.1 Å². The number of methoxy groups -OCH3 is 1. The van der Waals surface area contributed by atoms with Crippen molar-refractivity contribution in [1.29, 1.82) is 0 Å². The molecule has 0 radical (unpaired) electrons. The number of hydrogen-bond acceptors (Lipinski definition) is 3. The Bertz CT molecular complexity index is 753. The van der Waals surface area contributed by atoms with E-state index < -0.39 is 0 Å². The maximum absolute atomic E-state index is 5.47. The third kappa shape index (κ3) is 4.97. The van der Waals surface area contributed by atoms with Crippen molar-refractivity contribution in [2.24, 2.45) is 4.99 Å². The van der Waals surface area contributed by atoms with Gasteiger partial charge in [0.2, 0.25) is 0 Å². The summed E-state index contributed by atoms with van der Waals surface area (Å²) >= 11 is 0. The van der Waals surface area contributed by atoms with Gasteiger partial charge in [0, 0.05) is 30.9 Å². The number of rotatable bonds is 6. The number of nitrogens with zero attached hydrogens (tertiary/aromatic N) is 2. The van der Waals surface area contributed by atoms with Crippen LogP contribution in [-0.2, 0) is 6.54 Å². The Morgan fingerprint density at radius 1 is 1.15 bits per heavy atom. The maximum atomic E-state index is 5.47. The largest absolute Gasteiger partial charge is 0.496 e. The summed E-state index contributed by atoms with van der Waals surface area (Å²) in [6.45, 7) is 9.76. The van der Waals surface area contributed by atoms with Crippen LogP contribution >= 0.6 is 0 Å². The van der Waals surface area contributed by atoms with Crippen LogP contribution in [0, 0.1) is 20.8 Å². The topological polar surface area (TPSA) is 58.5 Å². The monoisotopic (exact) mass is 354 g/mol. The van der Waals surface area contributed by atoms with Crippen molar-refractivity contribution >= 4 is 5.96 Å². The van der Waals surface area contributed by atoms with Gasteiger partial charge in [-0.3, -0.25) is 9.98 Å². The van der Waals surface area contributed by atoms with Crippen molar-refractivity contribution in [3.8, 4) is 5.75 Å². The lowest BCUT2D eigenvalue weighted by atomic mass is 10.0. The van der Waals surface area contributed by atoms with Gasteiger partial charge in [0.25, 0.3) is 0 Å². The molecule has 26 heavy (non-hydrogen) atoms. The highest BCUT2D eigenvalue weighted by molar-refractivity contribution is 5.79. The summed E-state index contributed by atoms with van der Waals surface area (Å²) in [5, 5.41) is 6.73. The minimum Gasteiger partial charge on any atom is -0.496 e. The van der Waals surface area contributed by atoms with E-state index in [0.29, 0.717) is 12.5 Å². The van der Waals surface area contributed by atoms with Gasteiger partial charge in [-0.1, -0.05) is 36.8 Å². The average molecular weight is 354 g/mol. The van der Waals surface area contributed by atoms with Gasteiger partial charge in [-0.25, -0.2) is 0 Å². The summed E-state index contributed by atoms with van der Waals surface area (Å²) in [5.74, 6) is 2.06. The van der Waals surface area contributed by atoms with Gasteiger partial charge in [0.05, 0.1) is 19.3 Å². The number of guanidine groups is 1. The van der Waals surface area contributed by atoms with Crippen molar-refractivity contribution in [3.63, 3.8) is 0 Å². The minimum atomic E-state index is 0.397. The van der Waals surface area contributed by atoms with Gasteiger partial charge in [0.15, 0.2) is 5.96 Å². The fraction of sp³-hybridized carbons (Fsp3) is 0.429. The molecule has 1 aromatic carbocycles. The molecule has 0 aliphatic carbocycles. The number of hydrogen-bond donors (Lipinski definition) is 2. The normalized spacial score (nSPS) is 12.6. The number of aromatic nitrogens is 1. The van der Waals surface area contributed by atoms with E-state index in [-0.39, 0.29) is 0 Å². The Kier molecular flexibility index (Phi) is 7.01. The smallest absolute Gasteiger partial charge is 0.191 e. The highest BCUT2D eigenvalue weighted by Crippen LogP contribution is 2.23. The molecular formula is C21H30N4O. The minimum absolute atomic E-state index is 0.397. The fourth-order valence-electron chi connectivity index (χ4n) is 2.90. The lowest BCUT2D eigenvalue weighted by Crippen LogP contribution is -2.38. The average Bonchev–Trinajstić information content (AvgIpc) is 2.64. The van der Waals surface area contributed by atoms with E-state index in [1.54, 1.807) is 14.2 Å². The lowest BCUT2D eigenvalue weighted by molar-refractivity contribution is 0.406. The zero-order chi connectivity index (χ0) is 19.1. The van der Waals surface area contributed by atoms with Gasteiger partial charge in [-0.15, -0.1) is 0 Å². The summed E-state index contributed by atoms with van der Waals surface area (Å²) in [5.41, 5.74) is 5.66. The highest BCUT2D eigenvalue weighted by atomic mass is 16.5. The van der Waals surface area contributed by atoms with E-state index in [1.807, 2.05) is 20.0 Å². The number of ether oxygens (including phenoxy) is 1. The van der Waals surface area contributed by atoms with Crippen molar-refractivity contribution in [3.05, 3.63) is 58.4 Å². The Morgan fingerprint density at radius 2 is 1.85 bits per heavy atom. The molecule has 1 heterocycles. The molecular weight excluding hydrogens is 324 g/mol. The number of benzene rings is 1. The predicted octanol–water partition coefficient (Wildman–Crippen LogP) is 3.48. The quantitative estimate of drug-likeness (QED) is 0.616. The van der Waals surface area contributed by atoms with Crippen LogP contribution in [0.25, 0.3) is 0 Å². The number of nitrogens with one attached hydrogen (secondary N) is 2. The Labute approximate surface area is 156 Å². The van der Waals surface area contributed by atoms with Crippen LogP contribution < -0.4 is 15.4 Å². The maximum Gasteiger partial charge on any atom is 0.191 e. The van der Waals surface area contributed by atoms with Crippen LogP contribution in [0.2, 0.25) is 0 Å². The Balaban J connectivity index is 1.93. The second-order valence-corrected chi connectivity index (χ2v) is 6.66. The van der Waals surface area contributed by atoms with Gasteiger partial charge >= 0.3 is 0 Å². The molecule has 0 bridgehead atoms. The predicted molar refractivity (Wildman–Crippen MR) is 108 cm³/mol. The van der Waals surface area contributed by atoms with Crippen molar-refractivity contribution in [2.45, 2.75) is 40.2 Å².